The maximum absolute atomic E-state index is 12.1. The zero-order valence-electron chi connectivity index (χ0n) is 14.3. The number of hydrogen-bond acceptors (Lipinski definition) is 5. The van der Waals surface area contributed by atoms with Crippen LogP contribution < -0.4 is 15.7 Å². The molecule has 0 aliphatic rings. The molecule has 7 heteroatoms. The van der Waals surface area contributed by atoms with E-state index in [0.717, 1.165) is 5.56 Å². The highest BCUT2D eigenvalue weighted by molar-refractivity contribution is 5.88. The lowest BCUT2D eigenvalue weighted by Gasteiger charge is -2.24. The molecule has 0 bridgehead atoms. The maximum atomic E-state index is 12.1. The number of rotatable bonds is 6. The Bertz CT molecular complexity index is 580. The van der Waals surface area contributed by atoms with Gasteiger partial charge in [-0.2, -0.15) is 0 Å². The molecule has 0 unspecified atom stereocenters. The lowest BCUT2D eigenvalue weighted by molar-refractivity contribution is -0.308. The van der Waals surface area contributed by atoms with Crippen LogP contribution in [0.3, 0.4) is 0 Å². The summed E-state index contributed by atoms with van der Waals surface area (Å²) in [5.41, 5.74) is 0.0564. The van der Waals surface area contributed by atoms with Crippen LogP contribution in [0, 0.1) is 0 Å². The predicted octanol–water partition coefficient (Wildman–Crippen LogP) is 0.377. The molecular formula is C17H23N2O5-. The molecule has 24 heavy (non-hydrogen) atoms. The molecule has 0 spiro atoms. The summed E-state index contributed by atoms with van der Waals surface area (Å²) in [4.78, 5) is 35.0. The summed E-state index contributed by atoms with van der Waals surface area (Å²) < 4.78 is 5.05. The van der Waals surface area contributed by atoms with Crippen molar-refractivity contribution in [1.82, 2.24) is 10.6 Å². The predicted molar refractivity (Wildman–Crippen MR) is 85.9 cm³/mol. The molecule has 2 atom stereocenters. The van der Waals surface area contributed by atoms with Gasteiger partial charge >= 0.3 is 6.09 Å². The fourth-order valence-electron chi connectivity index (χ4n) is 1.89. The number of amides is 2. The van der Waals surface area contributed by atoms with Crippen LogP contribution in [0.25, 0.3) is 0 Å². The average Bonchev–Trinajstić information content (AvgIpc) is 2.45. The number of alkyl carbamates (subject to hydrolysis) is 1. The number of aliphatic carboxylic acids is 1. The maximum Gasteiger partial charge on any atom is 0.408 e. The molecule has 0 fully saturated rings. The first kappa shape index (κ1) is 19.5. The van der Waals surface area contributed by atoms with Gasteiger partial charge in [0.2, 0.25) is 5.91 Å². The van der Waals surface area contributed by atoms with Crippen molar-refractivity contribution in [2.75, 3.05) is 0 Å². The van der Waals surface area contributed by atoms with Crippen molar-refractivity contribution in [2.24, 2.45) is 0 Å². The molecule has 7 nitrogen and oxygen atoms in total. The quantitative estimate of drug-likeness (QED) is 0.781. The van der Waals surface area contributed by atoms with Crippen LogP contribution in [0.2, 0.25) is 0 Å². The zero-order valence-corrected chi connectivity index (χ0v) is 14.3. The topological polar surface area (TPSA) is 108 Å². The van der Waals surface area contributed by atoms with Crippen molar-refractivity contribution in [3.63, 3.8) is 0 Å². The van der Waals surface area contributed by atoms with Gasteiger partial charge < -0.3 is 25.3 Å². The van der Waals surface area contributed by atoms with Crippen LogP contribution in [0.1, 0.15) is 33.3 Å². The first-order valence-corrected chi connectivity index (χ1v) is 7.63. The van der Waals surface area contributed by atoms with Crippen molar-refractivity contribution < 1.29 is 24.2 Å². The molecule has 2 amide bonds. The van der Waals surface area contributed by atoms with E-state index in [0.29, 0.717) is 0 Å². The molecule has 1 rings (SSSR count). The zero-order chi connectivity index (χ0) is 18.3. The Balaban J connectivity index is 2.61. The molecule has 1 aromatic rings. The van der Waals surface area contributed by atoms with Gasteiger partial charge in [-0.15, -0.1) is 0 Å². The van der Waals surface area contributed by atoms with Crippen LogP contribution in [-0.4, -0.2) is 35.7 Å². The van der Waals surface area contributed by atoms with E-state index in [2.05, 4.69) is 10.6 Å². The van der Waals surface area contributed by atoms with E-state index in [1.165, 1.54) is 6.92 Å². The third-order valence-corrected chi connectivity index (χ3v) is 3.01. The monoisotopic (exact) mass is 335 g/mol. The molecular weight excluding hydrogens is 312 g/mol. The average molecular weight is 335 g/mol. The van der Waals surface area contributed by atoms with E-state index in [1.54, 1.807) is 45.0 Å². The van der Waals surface area contributed by atoms with E-state index in [1.807, 2.05) is 6.07 Å². The highest BCUT2D eigenvalue weighted by Gasteiger charge is 2.23. The van der Waals surface area contributed by atoms with Gasteiger partial charge in [0.05, 0.1) is 12.0 Å². The molecule has 0 saturated heterocycles. The SMILES string of the molecule is C[C@H](NC(=O)OC(C)(C)C)C(=O)N[C@H](Cc1ccccc1)C(=O)[O-]. The number of hydrogen-bond donors (Lipinski definition) is 2. The largest absolute Gasteiger partial charge is 0.548 e. The molecule has 0 aliphatic carbocycles. The van der Waals surface area contributed by atoms with Gasteiger partial charge in [-0.1, -0.05) is 30.3 Å². The summed E-state index contributed by atoms with van der Waals surface area (Å²) >= 11 is 0. The highest BCUT2D eigenvalue weighted by Crippen LogP contribution is 2.07. The third kappa shape index (κ3) is 7.13. The first-order valence-electron chi connectivity index (χ1n) is 7.63. The minimum Gasteiger partial charge on any atom is -0.548 e. The number of nitrogens with one attached hydrogen (secondary N) is 2. The Hall–Kier alpha value is -2.57. The molecule has 0 aromatic heterocycles. The standard InChI is InChI=1S/C17H24N2O5/c1-11(18-16(23)24-17(2,3)4)14(20)19-13(15(21)22)10-12-8-6-5-7-9-12/h5-9,11,13H,10H2,1-4H3,(H,18,23)(H,19,20)(H,21,22)/p-1/t11-,13+/m0/s1. The number of carboxylic acids is 1. The van der Waals surface area contributed by atoms with Crippen LogP contribution in [0.15, 0.2) is 30.3 Å². The molecule has 0 heterocycles. The van der Waals surface area contributed by atoms with Gasteiger partial charge in [0, 0.05) is 0 Å². The number of carbonyl (C=O) groups is 3. The first-order chi connectivity index (χ1) is 11.1. The smallest absolute Gasteiger partial charge is 0.408 e. The van der Waals surface area contributed by atoms with E-state index in [-0.39, 0.29) is 6.42 Å². The van der Waals surface area contributed by atoms with Gasteiger partial charge in [-0.3, -0.25) is 4.79 Å². The Morgan fingerprint density at radius 3 is 2.21 bits per heavy atom. The molecule has 1 aromatic carbocycles. The van der Waals surface area contributed by atoms with Crippen LogP contribution in [0.4, 0.5) is 4.79 Å². The third-order valence-electron chi connectivity index (χ3n) is 3.01. The summed E-state index contributed by atoms with van der Waals surface area (Å²) in [6, 6.07) is 6.73. The van der Waals surface area contributed by atoms with Crippen LogP contribution in [0.5, 0.6) is 0 Å². The minimum absolute atomic E-state index is 0.0913. The number of carboxylic acid groups (broad SMARTS) is 1. The molecule has 0 saturated carbocycles. The lowest BCUT2D eigenvalue weighted by atomic mass is 10.1. The fourth-order valence-corrected chi connectivity index (χ4v) is 1.89. The van der Waals surface area contributed by atoms with Crippen LogP contribution in [-0.2, 0) is 20.7 Å². The number of ether oxygens (including phenoxy) is 1. The van der Waals surface area contributed by atoms with Gasteiger partial charge in [-0.25, -0.2) is 4.79 Å². The summed E-state index contributed by atoms with van der Waals surface area (Å²) in [6.45, 7) is 6.53. The number of benzene rings is 1. The Kier molecular flexibility index (Phi) is 6.76. The second kappa shape index (κ2) is 8.33. The van der Waals surface area contributed by atoms with Gasteiger partial charge in [-0.05, 0) is 39.7 Å². The highest BCUT2D eigenvalue weighted by atomic mass is 16.6. The van der Waals surface area contributed by atoms with Crippen molar-refractivity contribution in [3.8, 4) is 0 Å². The van der Waals surface area contributed by atoms with E-state index >= 15 is 0 Å². The van der Waals surface area contributed by atoms with Crippen molar-refractivity contribution in [1.29, 1.82) is 0 Å². The Morgan fingerprint density at radius 2 is 1.71 bits per heavy atom. The van der Waals surface area contributed by atoms with Gasteiger partial charge in [0.25, 0.3) is 0 Å². The molecule has 0 radical (unpaired) electrons. The summed E-state index contributed by atoms with van der Waals surface area (Å²) in [7, 11) is 0. The molecule has 2 N–H and O–H groups in total. The summed E-state index contributed by atoms with van der Waals surface area (Å²) in [5, 5.41) is 16.0. The fraction of sp³-hybridized carbons (Fsp3) is 0.471. The second-order valence-electron chi connectivity index (χ2n) is 6.44. The van der Waals surface area contributed by atoms with Gasteiger partial charge in [0.15, 0.2) is 0 Å². The number of carbonyl (C=O) groups excluding carboxylic acids is 3. The minimum atomic E-state index is -1.39. The molecule has 0 aliphatic heterocycles. The van der Waals surface area contributed by atoms with E-state index in [9.17, 15) is 19.5 Å². The summed E-state index contributed by atoms with van der Waals surface area (Å²) in [6.07, 6.45) is -0.660. The van der Waals surface area contributed by atoms with Crippen molar-refractivity contribution in [3.05, 3.63) is 35.9 Å². The van der Waals surface area contributed by atoms with E-state index < -0.39 is 35.7 Å². The normalized spacial score (nSPS) is 13.5. The van der Waals surface area contributed by atoms with Crippen molar-refractivity contribution in [2.45, 2.75) is 51.8 Å². The summed E-state index contributed by atoms with van der Waals surface area (Å²) in [5.74, 6) is -2.03. The van der Waals surface area contributed by atoms with E-state index in [4.69, 9.17) is 4.74 Å². The van der Waals surface area contributed by atoms with Gasteiger partial charge in [0.1, 0.15) is 11.6 Å². The second-order valence-corrected chi connectivity index (χ2v) is 6.44. The Morgan fingerprint density at radius 1 is 1.12 bits per heavy atom. The van der Waals surface area contributed by atoms with Crippen molar-refractivity contribution >= 4 is 18.0 Å². The Labute approximate surface area is 141 Å². The lowest BCUT2D eigenvalue weighted by Crippen LogP contribution is -2.54. The van der Waals surface area contributed by atoms with Crippen LogP contribution >= 0.6 is 0 Å². The molecule has 132 valence electrons.